The zero-order valence-corrected chi connectivity index (χ0v) is 10.8. The first-order valence-electron chi connectivity index (χ1n) is 5.29. The van der Waals surface area contributed by atoms with Gasteiger partial charge in [0.1, 0.15) is 6.54 Å². The summed E-state index contributed by atoms with van der Waals surface area (Å²) in [5.41, 5.74) is 0. The summed E-state index contributed by atoms with van der Waals surface area (Å²) in [6.07, 6.45) is 0.611. The number of sulfonamides is 1. The van der Waals surface area contributed by atoms with Gasteiger partial charge in [-0.25, -0.2) is 13.1 Å². The molecule has 0 fully saturated rings. The Labute approximate surface area is 101 Å². The molecule has 0 saturated carbocycles. The van der Waals surface area contributed by atoms with Crippen LogP contribution in [-0.4, -0.2) is 55.7 Å². The van der Waals surface area contributed by atoms with Crippen molar-refractivity contribution in [3.8, 4) is 0 Å². The highest BCUT2D eigenvalue weighted by atomic mass is 32.2. The fourth-order valence-electron chi connectivity index (χ4n) is 1.11. The number of aliphatic carboxylic acids is 1. The van der Waals surface area contributed by atoms with Crippen LogP contribution in [0.4, 0.5) is 0 Å². The number of hydrogen-bond acceptors (Lipinski definition) is 4. The molecule has 0 aromatic heterocycles. The van der Waals surface area contributed by atoms with E-state index >= 15 is 0 Å². The maximum atomic E-state index is 11.6. The van der Waals surface area contributed by atoms with Gasteiger partial charge in [0, 0.05) is 6.54 Å². The van der Waals surface area contributed by atoms with Crippen LogP contribution in [0, 0.1) is 0 Å². The minimum Gasteiger partial charge on any atom is -0.480 e. The maximum absolute atomic E-state index is 11.6. The molecule has 0 spiro atoms. The fourth-order valence-corrected chi connectivity index (χ4v) is 1.66. The fraction of sp³-hybridized carbons (Fsp3) is 0.778. The molecule has 0 radical (unpaired) electrons. The molecule has 100 valence electrons. The lowest BCUT2D eigenvalue weighted by Crippen LogP contribution is -2.43. The second kappa shape index (κ2) is 7.23. The van der Waals surface area contributed by atoms with Crippen LogP contribution in [-0.2, 0) is 19.6 Å². The van der Waals surface area contributed by atoms with Gasteiger partial charge in [0.05, 0.1) is 12.3 Å². The van der Waals surface area contributed by atoms with Gasteiger partial charge in [0.15, 0.2) is 0 Å². The summed E-state index contributed by atoms with van der Waals surface area (Å²) in [6, 6.07) is 0. The largest absolute Gasteiger partial charge is 0.480 e. The lowest BCUT2D eigenvalue weighted by atomic mass is 10.4. The summed E-state index contributed by atoms with van der Waals surface area (Å²) in [6.45, 7) is 2.73. The second-order valence-corrected chi connectivity index (χ2v) is 5.53. The number of carboxylic acid groups (broad SMARTS) is 1. The standard InChI is InChI=1S/C9H18N2O5S/c1-3-5-11(7-9(13)14)8(12)6-10-17(15,16)4-2/h10H,3-7H2,1-2H3,(H,13,14). The van der Waals surface area contributed by atoms with E-state index in [4.69, 9.17) is 5.11 Å². The predicted octanol–water partition coefficient (Wildman–Crippen LogP) is -0.751. The van der Waals surface area contributed by atoms with Gasteiger partial charge in [-0.3, -0.25) is 9.59 Å². The third-order valence-electron chi connectivity index (χ3n) is 2.00. The molecule has 0 aromatic carbocycles. The van der Waals surface area contributed by atoms with E-state index in [1.807, 2.05) is 0 Å². The van der Waals surface area contributed by atoms with Crippen LogP contribution >= 0.6 is 0 Å². The van der Waals surface area contributed by atoms with E-state index in [-0.39, 0.29) is 5.75 Å². The van der Waals surface area contributed by atoms with Gasteiger partial charge in [-0.15, -0.1) is 0 Å². The quantitative estimate of drug-likeness (QED) is 0.601. The van der Waals surface area contributed by atoms with Gasteiger partial charge in [0.25, 0.3) is 0 Å². The van der Waals surface area contributed by atoms with E-state index in [2.05, 4.69) is 4.72 Å². The van der Waals surface area contributed by atoms with Gasteiger partial charge in [-0.1, -0.05) is 6.92 Å². The van der Waals surface area contributed by atoms with E-state index in [1.165, 1.54) is 6.92 Å². The van der Waals surface area contributed by atoms with Crippen LogP contribution in [0.25, 0.3) is 0 Å². The van der Waals surface area contributed by atoms with Gasteiger partial charge in [0.2, 0.25) is 15.9 Å². The molecule has 0 unspecified atom stereocenters. The van der Waals surface area contributed by atoms with Crippen LogP contribution in [0.1, 0.15) is 20.3 Å². The zero-order chi connectivity index (χ0) is 13.5. The third-order valence-corrected chi connectivity index (χ3v) is 3.34. The van der Waals surface area contributed by atoms with E-state index in [0.29, 0.717) is 13.0 Å². The molecule has 0 aliphatic heterocycles. The Kier molecular flexibility index (Phi) is 6.74. The highest BCUT2D eigenvalue weighted by Crippen LogP contribution is 1.93. The number of rotatable bonds is 8. The second-order valence-electron chi connectivity index (χ2n) is 3.43. The van der Waals surface area contributed by atoms with E-state index in [1.54, 1.807) is 6.92 Å². The molecule has 8 heteroatoms. The van der Waals surface area contributed by atoms with Crippen molar-refractivity contribution in [1.29, 1.82) is 0 Å². The molecule has 0 atom stereocenters. The Hall–Kier alpha value is -1.15. The number of nitrogens with zero attached hydrogens (tertiary/aromatic N) is 1. The first kappa shape index (κ1) is 15.9. The van der Waals surface area contributed by atoms with Gasteiger partial charge in [-0.2, -0.15) is 0 Å². The average Bonchev–Trinajstić information content (AvgIpc) is 2.25. The number of carbonyl (C=O) groups is 2. The van der Waals surface area contributed by atoms with Crippen molar-refractivity contribution < 1.29 is 23.1 Å². The Morgan fingerprint density at radius 2 is 1.88 bits per heavy atom. The van der Waals surface area contributed by atoms with Crippen molar-refractivity contribution in [2.24, 2.45) is 0 Å². The van der Waals surface area contributed by atoms with Crippen molar-refractivity contribution in [2.75, 3.05) is 25.4 Å². The molecule has 0 aliphatic carbocycles. The summed E-state index contributed by atoms with van der Waals surface area (Å²) < 4.78 is 24.3. The third kappa shape index (κ3) is 6.90. The van der Waals surface area contributed by atoms with Crippen molar-refractivity contribution in [3.63, 3.8) is 0 Å². The lowest BCUT2D eigenvalue weighted by molar-refractivity contribution is -0.144. The van der Waals surface area contributed by atoms with Crippen LogP contribution in [0.15, 0.2) is 0 Å². The molecule has 7 nitrogen and oxygen atoms in total. The van der Waals surface area contributed by atoms with Gasteiger partial charge in [-0.05, 0) is 13.3 Å². The lowest BCUT2D eigenvalue weighted by Gasteiger charge is -2.19. The molecule has 0 bridgehead atoms. The van der Waals surface area contributed by atoms with E-state index < -0.39 is 35.0 Å². The molecule has 0 aliphatic rings. The molecule has 0 aromatic rings. The van der Waals surface area contributed by atoms with Gasteiger partial charge >= 0.3 is 5.97 Å². The summed E-state index contributed by atoms with van der Waals surface area (Å²) >= 11 is 0. The van der Waals surface area contributed by atoms with Crippen LogP contribution in [0.2, 0.25) is 0 Å². The Bertz CT molecular complexity index is 366. The Morgan fingerprint density at radius 3 is 2.29 bits per heavy atom. The van der Waals surface area contributed by atoms with Crippen molar-refractivity contribution in [1.82, 2.24) is 9.62 Å². The highest BCUT2D eigenvalue weighted by molar-refractivity contribution is 7.89. The van der Waals surface area contributed by atoms with Crippen LogP contribution < -0.4 is 4.72 Å². The van der Waals surface area contributed by atoms with Crippen molar-refractivity contribution in [2.45, 2.75) is 20.3 Å². The normalized spacial score (nSPS) is 11.2. The minimum atomic E-state index is -3.44. The Morgan fingerprint density at radius 1 is 1.29 bits per heavy atom. The van der Waals surface area contributed by atoms with Crippen LogP contribution in [0.5, 0.6) is 0 Å². The van der Waals surface area contributed by atoms with E-state index in [9.17, 15) is 18.0 Å². The number of carbonyl (C=O) groups excluding carboxylic acids is 1. The minimum absolute atomic E-state index is 0.118. The van der Waals surface area contributed by atoms with E-state index in [0.717, 1.165) is 4.90 Å². The van der Waals surface area contributed by atoms with Crippen LogP contribution in [0.3, 0.4) is 0 Å². The monoisotopic (exact) mass is 266 g/mol. The molecule has 0 rings (SSSR count). The van der Waals surface area contributed by atoms with Crippen molar-refractivity contribution >= 4 is 21.9 Å². The molecule has 17 heavy (non-hydrogen) atoms. The number of nitrogens with one attached hydrogen (secondary N) is 1. The average molecular weight is 266 g/mol. The molecule has 0 saturated heterocycles. The maximum Gasteiger partial charge on any atom is 0.323 e. The summed E-state index contributed by atoms with van der Waals surface area (Å²) in [7, 11) is -3.44. The first-order chi connectivity index (χ1) is 7.82. The molecule has 1 amide bonds. The highest BCUT2D eigenvalue weighted by Gasteiger charge is 2.17. The molecule has 0 heterocycles. The number of hydrogen-bond donors (Lipinski definition) is 2. The summed E-state index contributed by atoms with van der Waals surface area (Å²) in [5, 5.41) is 8.60. The summed E-state index contributed by atoms with van der Waals surface area (Å²) in [5.74, 6) is -1.77. The topological polar surface area (TPSA) is 104 Å². The molecular formula is C9H18N2O5S. The molecule has 2 N–H and O–H groups in total. The first-order valence-corrected chi connectivity index (χ1v) is 6.94. The predicted molar refractivity (Wildman–Crippen MR) is 62.0 cm³/mol. The molecular weight excluding hydrogens is 248 g/mol. The SMILES string of the molecule is CCCN(CC(=O)O)C(=O)CNS(=O)(=O)CC. The zero-order valence-electron chi connectivity index (χ0n) is 9.97. The number of carboxylic acids is 1. The van der Waals surface area contributed by atoms with Crippen molar-refractivity contribution in [3.05, 3.63) is 0 Å². The summed E-state index contributed by atoms with van der Waals surface area (Å²) in [4.78, 5) is 23.2. The Balaban J connectivity index is 4.38. The smallest absolute Gasteiger partial charge is 0.323 e. The van der Waals surface area contributed by atoms with Gasteiger partial charge < -0.3 is 10.0 Å². The number of amides is 1.